The first-order valence-electron chi connectivity index (χ1n) is 5.68. The van der Waals surface area contributed by atoms with E-state index in [9.17, 15) is 4.79 Å². The average molecular weight is 231 g/mol. The van der Waals surface area contributed by atoms with Crippen molar-refractivity contribution in [1.82, 2.24) is 10.2 Å². The van der Waals surface area contributed by atoms with Crippen molar-refractivity contribution in [3.63, 3.8) is 0 Å². The maximum atomic E-state index is 11.3. The van der Waals surface area contributed by atoms with E-state index in [0.29, 0.717) is 24.2 Å². The van der Waals surface area contributed by atoms with Gasteiger partial charge in [-0.1, -0.05) is 6.92 Å². The lowest BCUT2D eigenvalue weighted by Gasteiger charge is -2.07. The Morgan fingerprint density at radius 3 is 2.88 bits per heavy atom. The molecule has 2 rings (SSSR count). The van der Waals surface area contributed by atoms with Crippen LogP contribution in [0.3, 0.4) is 0 Å². The predicted octanol–water partition coefficient (Wildman–Crippen LogP) is 1.18. The van der Waals surface area contributed by atoms with Crippen molar-refractivity contribution in [2.45, 2.75) is 25.6 Å². The predicted molar refractivity (Wildman–Crippen MR) is 64.1 cm³/mol. The molecular formula is C11H14BN3O2. The minimum absolute atomic E-state index is 0.286. The van der Waals surface area contributed by atoms with E-state index in [1.54, 1.807) is 19.1 Å². The van der Waals surface area contributed by atoms with Crippen LogP contribution in [0.2, 0.25) is 5.82 Å². The second-order valence-corrected chi connectivity index (χ2v) is 4.29. The molecule has 1 heterocycles. The highest BCUT2D eigenvalue weighted by atomic mass is 16.5. The van der Waals surface area contributed by atoms with Gasteiger partial charge in [0.15, 0.2) is 5.82 Å². The van der Waals surface area contributed by atoms with Crippen LogP contribution in [0.25, 0.3) is 0 Å². The van der Waals surface area contributed by atoms with E-state index in [1.165, 1.54) is 12.8 Å². The van der Waals surface area contributed by atoms with Crippen molar-refractivity contribution in [1.29, 1.82) is 0 Å². The molecule has 1 aromatic heterocycles. The molecule has 5 nitrogen and oxygen atoms in total. The molecule has 0 aliphatic heterocycles. The summed E-state index contributed by atoms with van der Waals surface area (Å²) in [6, 6.07) is 3.34. The molecule has 1 aromatic rings. The van der Waals surface area contributed by atoms with E-state index in [2.05, 4.69) is 15.5 Å². The van der Waals surface area contributed by atoms with Crippen LogP contribution in [0.15, 0.2) is 12.1 Å². The lowest BCUT2D eigenvalue weighted by Crippen LogP contribution is -2.17. The highest BCUT2D eigenvalue weighted by Gasteiger charge is 2.22. The Bertz CT molecular complexity index is 390. The second kappa shape index (κ2) is 5.16. The Morgan fingerprint density at radius 1 is 1.59 bits per heavy atom. The Labute approximate surface area is 101 Å². The third kappa shape index (κ3) is 3.73. The van der Waals surface area contributed by atoms with Gasteiger partial charge in [0, 0.05) is 6.07 Å². The maximum Gasteiger partial charge on any atom is 0.233 e. The van der Waals surface area contributed by atoms with Crippen LogP contribution in [-0.4, -0.2) is 30.6 Å². The fraction of sp³-hybridized carbons (Fsp3) is 0.545. The van der Waals surface area contributed by atoms with Gasteiger partial charge < -0.3 is 10.1 Å². The van der Waals surface area contributed by atoms with Crippen LogP contribution in [0.1, 0.15) is 19.8 Å². The van der Waals surface area contributed by atoms with Crippen molar-refractivity contribution < 1.29 is 9.53 Å². The lowest BCUT2D eigenvalue weighted by atomic mass is 9.89. The summed E-state index contributed by atoms with van der Waals surface area (Å²) in [5, 5.41) is 10.3. The lowest BCUT2D eigenvalue weighted by molar-refractivity contribution is -0.115. The Morgan fingerprint density at radius 2 is 2.35 bits per heavy atom. The summed E-state index contributed by atoms with van der Waals surface area (Å²) in [6.45, 7) is 2.30. The van der Waals surface area contributed by atoms with E-state index in [-0.39, 0.29) is 5.91 Å². The molecule has 1 amide bonds. The number of ether oxygens (including phenoxy) is 1. The van der Waals surface area contributed by atoms with Gasteiger partial charge in [0.25, 0.3) is 0 Å². The molecule has 88 valence electrons. The van der Waals surface area contributed by atoms with Crippen molar-refractivity contribution in [3.8, 4) is 5.88 Å². The fourth-order valence-electron chi connectivity index (χ4n) is 1.19. The first-order valence-corrected chi connectivity index (χ1v) is 5.68. The molecule has 0 unspecified atom stereocenters. The van der Waals surface area contributed by atoms with E-state index < -0.39 is 5.82 Å². The van der Waals surface area contributed by atoms with Crippen LogP contribution < -0.4 is 10.1 Å². The molecule has 6 heteroatoms. The third-order valence-electron chi connectivity index (χ3n) is 2.47. The average Bonchev–Trinajstić information content (AvgIpc) is 3.12. The molecule has 1 N–H and O–H groups in total. The molecule has 0 spiro atoms. The van der Waals surface area contributed by atoms with Crippen LogP contribution in [0.5, 0.6) is 5.88 Å². The zero-order valence-corrected chi connectivity index (χ0v) is 9.72. The first-order chi connectivity index (χ1) is 8.15. The maximum absolute atomic E-state index is 11.3. The van der Waals surface area contributed by atoms with Gasteiger partial charge in [-0.3, -0.25) is 4.79 Å². The number of carbonyl (C=O) groups is 1. The van der Waals surface area contributed by atoms with Gasteiger partial charge in [0.2, 0.25) is 11.8 Å². The highest BCUT2D eigenvalue weighted by Crippen LogP contribution is 2.29. The van der Waals surface area contributed by atoms with Gasteiger partial charge in [0.05, 0.1) is 14.5 Å². The highest BCUT2D eigenvalue weighted by molar-refractivity contribution is 6.25. The number of nitrogens with one attached hydrogen (secondary N) is 1. The molecule has 1 aliphatic rings. The van der Waals surface area contributed by atoms with Crippen LogP contribution in [-0.2, 0) is 4.79 Å². The SMILES string of the molecule is [B][C@H](C)C(=O)Nc1ccc(OCC2CC2)nn1. The zero-order valence-electron chi connectivity index (χ0n) is 9.72. The van der Waals surface area contributed by atoms with E-state index in [0.717, 1.165) is 0 Å². The smallest absolute Gasteiger partial charge is 0.233 e. The van der Waals surface area contributed by atoms with E-state index in [4.69, 9.17) is 12.6 Å². The van der Waals surface area contributed by atoms with Gasteiger partial charge in [-0.25, -0.2) is 0 Å². The van der Waals surface area contributed by atoms with Crippen molar-refractivity contribution >= 4 is 19.6 Å². The summed E-state index contributed by atoms with van der Waals surface area (Å²) < 4.78 is 5.43. The Hall–Kier alpha value is -1.59. The standard InChI is InChI=1S/C11H14BN3O2/c1-7(12)11(16)13-9-4-5-10(15-14-9)17-6-8-2-3-8/h4-5,7-8H,2-3,6H2,1H3,(H,13,14,16)/t7-/m1/s1. The van der Waals surface area contributed by atoms with Gasteiger partial charge in [-0.2, -0.15) is 0 Å². The van der Waals surface area contributed by atoms with Crippen molar-refractivity contribution in [2.24, 2.45) is 5.92 Å². The largest absolute Gasteiger partial charge is 0.476 e. The quantitative estimate of drug-likeness (QED) is 0.772. The second-order valence-electron chi connectivity index (χ2n) is 4.29. The molecule has 1 aliphatic carbocycles. The van der Waals surface area contributed by atoms with E-state index >= 15 is 0 Å². The summed E-state index contributed by atoms with van der Waals surface area (Å²) in [5.41, 5.74) is 0. The number of amides is 1. The fourth-order valence-corrected chi connectivity index (χ4v) is 1.19. The molecule has 0 saturated heterocycles. The van der Waals surface area contributed by atoms with Crippen LogP contribution in [0, 0.1) is 5.92 Å². The summed E-state index contributed by atoms with van der Waals surface area (Å²) in [7, 11) is 5.42. The van der Waals surface area contributed by atoms with Crippen molar-refractivity contribution in [3.05, 3.63) is 12.1 Å². The van der Waals surface area contributed by atoms with Gasteiger partial charge in [0.1, 0.15) is 0 Å². The number of hydrogen-bond acceptors (Lipinski definition) is 4. The van der Waals surface area contributed by atoms with Gasteiger partial charge in [-0.15, -0.1) is 10.2 Å². The Balaban J connectivity index is 1.85. The van der Waals surface area contributed by atoms with E-state index in [1.807, 2.05) is 0 Å². The van der Waals surface area contributed by atoms with Crippen molar-refractivity contribution in [2.75, 3.05) is 11.9 Å². The summed E-state index contributed by atoms with van der Waals surface area (Å²) in [5.74, 6) is 0.685. The molecular weight excluding hydrogens is 217 g/mol. The first kappa shape index (κ1) is 11.9. The van der Waals surface area contributed by atoms with Gasteiger partial charge >= 0.3 is 0 Å². The van der Waals surface area contributed by atoms with Gasteiger partial charge in [-0.05, 0) is 30.6 Å². The Kier molecular flexibility index (Phi) is 3.61. The number of anilines is 1. The molecule has 1 fully saturated rings. The molecule has 2 radical (unpaired) electrons. The third-order valence-corrected chi connectivity index (χ3v) is 2.47. The summed E-state index contributed by atoms with van der Waals surface area (Å²) in [4.78, 5) is 11.3. The number of carbonyl (C=O) groups excluding carboxylic acids is 1. The molecule has 0 aromatic carbocycles. The number of aromatic nitrogens is 2. The summed E-state index contributed by atoms with van der Waals surface area (Å²) >= 11 is 0. The zero-order chi connectivity index (χ0) is 12.3. The van der Waals surface area contributed by atoms with Crippen LogP contribution >= 0.6 is 0 Å². The number of rotatable bonds is 5. The minimum Gasteiger partial charge on any atom is -0.476 e. The minimum atomic E-state index is -0.567. The normalized spacial score (nSPS) is 16.3. The molecule has 1 saturated carbocycles. The topological polar surface area (TPSA) is 64.1 Å². The molecule has 0 bridgehead atoms. The molecule has 1 atom stereocenters. The number of nitrogens with zero attached hydrogens (tertiary/aromatic N) is 2. The number of hydrogen-bond donors (Lipinski definition) is 1. The monoisotopic (exact) mass is 231 g/mol. The van der Waals surface area contributed by atoms with Crippen LogP contribution in [0.4, 0.5) is 5.82 Å². The summed E-state index contributed by atoms with van der Waals surface area (Å²) in [6.07, 6.45) is 2.46. The molecule has 17 heavy (non-hydrogen) atoms.